The standard InChI is InChI=1S/C13H26N2O3S/c1-18-13-4-2-3-12(13)15-19(16,17)10-7-11-5-8-14-9-6-11/h11-15H,2-10H2,1H3. The van der Waals surface area contributed by atoms with Crippen molar-refractivity contribution < 1.29 is 13.2 Å². The summed E-state index contributed by atoms with van der Waals surface area (Å²) in [5.74, 6) is 0.810. The summed E-state index contributed by atoms with van der Waals surface area (Å²) in [5.41, 5.74) is 0. The van der Waals surface area contributed by atoms with Crippen LogP contribution in [0.15, 0.2) is 0 Å². The van der Waals surface area contributed by atoms with Gasteiger partial charge in [0, 0.05) is 13.2 Å². The molecule has 2 N–H and O–H groups in total. The highest BCUT2D eigenvalue weighted by atomic mass is 32.2. The molecule has 2 rings (SSSR count). The molecular formula is C13H26N2O3S. The Morgan fingerprint density at radius 2 is 1.95 bits per heavy atom. The summed E-state index contributed by atoms with van der Waals surface area (Å²) in [6.45, 7) is 2.04. The van der Waals surface area contributed by atoms with Crippen LogP contribution in [0.5, 0.6) is 0 Å². The van der Waals surface area contributed by atoms with Gasteiger partial charge in [-0.05, 0) is 57.5 Å². The second-order valence-corrected chi connectivity index (χ2v) is 7.60. The number of rotatable bonds is 6. The highest BCUT2D eigenvalue weighted by Gasteiger charge is 2.30. The zero-order valence-electron chi connectivity index (χ0n) is 11.7. The molecule has 19 heavy (non-hydrogen) atoms. The maximum absolute atomic E-state index is 12.1. The lowest BCUT2D eigenvalue weighted by Gasteiger charge is -2.23. The van der Waals surface area contributed by atoms with Gasteiger partial charge in [-0.25, -0.2) is 13.1 Å². The van der Waals surface area contributed by atoms with Gasteiger partial charge in [0.15, 0.2) is 0 Å². The average molecular weight is 290 g/mol. The molecule has 0 aromatic rings. The summed E-state index contributed by atoms with van der Waals surface area (Å²) in [5, 5.41) is 3.30. The molecule has 5 nitrogen and oxygen atoms in total. The molecule has 0 amide bonds. The van der Waals surface area contributed by atoms with Crippen molar-refractivity contribution in [1.29, 1.82) is 0 Å². The van der Waals surface area contributed by atoms with Crippen LogP contribution in [0.3, 0.4) is 0 Å². The number of methoxy groups -OCH3 is 1. The van der Waals surface area contributed by atoms with E-state index in [2.05, 4.69) is 10.0 Å². The van der Waals surface area contributed by atoms with Gasteiger partial charge in [0.25, 0.3) is 0 Å². The van der Waals surface area contributed by atoms with Crippen LogP contribution in [0.25, 0.3) is 0 Å². The predicted octanol–water partition coefficient (Wildman–Crippen LogP) is 0.863. The number of ether oxygens (including phenoxy) is 1. The molecule has 0 aromatic carbocycles. The predicted molar refractivity (Wildman–Crippen MR) is 75.6 cm³/mol. The van der Waals surface area contributed by atoms with Gasteiger partial charge in [0.1, 0.15) is 0 Å². The Morgan fingerprint density at radius 3 is 2.63 bits per heavy atom. The topological polar surface area (TPSA) is 67.4 Å². The molecular weight excluding hydrogens is 264 g/mol. The van der Waals surface area contributed by atoms with Crippen LogP contribution in [-0.2, 0) is 14.8 Å². The number of piperidine rings is 1. The zero-order chi connectivity index (χ0) is 13.7. The molecule has 1 aliphatic heterocycles. The van der Waals surface area contributed by atoms with Gasteiger partial charge in [0.05, 0.1) is 11.9 Å². The molecule has 6 heteroatoms. The molecule has 2 aliphatic rings. The second-order valence-electron chi connectivity index (χ2n) is 5.73. The Kier molecular flexibility index (Phi) is 5.62. The van der Waals surface area contributed by atoms with Crippen molar-refractivity contribution in [3.8, 4) is 0 Å². The van der Waals surface area contributed by atoms with E-state index in [0.29, 0.717) is 5.92 Å². The molecule has 0 radical (unpaired) electrons. The van der Waals surface area contributed by atoms with Crippen LogP contribution in [-0.4, -0.2) is 46.5 Å². The first-order chi connectivity index (χ1) is 9.11. The van der Waals surface area contributed by atoms with Gasteiger partial charge in [-0.3, -0.25) is 0 Å². The van der Waals surface area contributed by atoms with E-state index in [0.717, 1.165) is 51.6 Å². The fraction of sp³-hybridized carbons (Fsp3) is 1.00. The van der Waals surface area contributed by atoms with Crippen molar-refractivity contribution in [1.82, 2.24) is 10.0 Å². The quantitative estimate of drug-likeness (QED) is 0.761. The van der Waals surface area contributed by atoms with Gasteiger partial charge < -0.3 is 10.1 Å². The van der Waals surface area contributed by atoms with Crippen LogP contribution >= 0.6 is 0 Å². The number of hydrogen-bond donors (Lipinski definition) is 2. The largest absolute Gasteiger partial charge is 0.380 e. The van der Waals surface area contributed by atoms with E-state index in [-0.39, 0.29) is 17.9 Å². The van der Waals surface area contributed by atoms with Gasteiger partial charge in [-0.1, -0.05) is 0 Å². The van der Waals surface area contributed by atoms with Crippen molar-refractivity contribution in [3.63, 3.8) is 0 Å². The number of hydrogen-bond acceptors (Lipinski definition) is 4. The lowest BCUT2D eigenvalue weighted by Crippen LogP contribution is -2.42. The third kappa shape index (κ3) is 4.70. The molecule has 1 saturated carbocycles. The highest BCUT2D eigenvalue weighted by molar-refractivity contribution is 7.89. The maximum Gasteiger partial charge on any atom is 0.211 e. The molecule has 2 fully saturated rings. The molecule has 1 aliphatic carbocycles. The van der Waals surface area contributed by atoms with Gasteiger partial charge in [-0.15, -0.1) is 0 Å². The van der Waals surface area contributed by atoms with Crippen molar-refractivity contribution in [2.45, 2.75) is 50.7 Å². The van der Waals surface area contributed by atoms with Gasteiger partial charge in [0.2, 0.25) is 10.0 Å². The molecule has 2 unspecified atom stereocenters. The Bertz CT molecular complexity index is 366. The van der Waals surface area contributed by atoms with Crippen LogP contribution in [0.1, 0.15) is 38.5 Å². The highest BCUT2D eigenvalue weighted by Crippen LogP contribution is 2.23. The van der Waals surface area contributed by atoms with Crippen LogP contribution < -0.4 is 10.0 Å². The first-order valence-corrected chi connectivity index (χ1v) is 8.99. The van der Waals surface area contributed by atoms with E-state index in [1.165, 1.54) is 0 Å². The Labute approximate surface area is 116 Å². The fourth-order valence-electron chi connectivity index (χ4n) is 3.12. The first-order valence-electron chi connectivity index (χ1n) is 7.34. The second kappa shape index (κ2) is 7.02. The third-order valence-electron chi connectivity index (χ3n) is 4.34. The molecule has 0 aromatic heterocycles. The Hall–Kier alpha value is -0.170. The van der Waals surface area contributed by atoms with E-state index in [1.54, 1.807) is 7.11 Å². The first kappa shape index (κ1) is 15.2. The van der Waals surface area contributed by atoms with Crippen molar-refractivity contribution >= 4 is 10.0 Å². The Balaban J connectivity index is 1.77. The van der Waals surface area contributed by atoms with Crippen molar-refractivity contribution in [2.24, 2.45) is 5.92 Å². The summed E-state index contributed by atoms with van der Waals surface area (Å²) >= 11 is 0. The monoisotopic (exact) mass is 290 g/mol. The molecule has 1 heterocycles. The molecule has 1 saturated heterocycles. The summed E-state index contributed by atoms with van der Waals surface area (Å²) in [6.07, 6.45) is 5.91. The lowest BCUT2D eigenvalue weighted by molar-refractivity contribution is 0.0916. The van der Waals surface area contributed by atoms with E-state index < -0.39 is 10.0 Å². The average Bonchev–Trinajstić information content (AvgIpc) is 2.84. The molecule has 0 spiro atoms. The minimum Gasteiger partial charge on any atom is -0.380 e. The van der Waals surface area contributed by atoms with Crippen LogP contribution in [0, 0.1) is 5.92 Å². The molecule has 112 valence electrons. The zero-order valence-corrected chi connectivity index (χ0v) is 12.5. The minimum atomic E-state index is -3.16. The van der Waals surface area contributed by atoms with Crippen LogP contribution in [0.4, 0.5) is 0 Å². The minimum absolute atomic E-state index is 0.0250. The van der Waals surface area contributed by atoms with Gasteiger partial charge >= 0.3 is 0 Å². The summed E-state index contributed by atoms with van der Waals surface area (Å²) in [4.78, 5) is 0. The maximum atomic E-state index is 12.1. The van der Waals surface area contributed by atoms with Crippen molar-refractivity contribution in [2.75, 3.05) is 26.0 Å². The SMILES string of the molecule is COC1CCCC1NS(=O)(=O)CCC1CCNCC1. The molecule has 2 atom stereocenters. The van der Waals surface area contributed by atoms with E-state index in [9.17, 15) is 8.42 Å². The molecule has 0 bridgehead atoms. The Morgan fingerprint density at radius 1 is 1.21 bits per heavy atom. The smallest absolute Gasteiger partial charge is 0.211 e. The fourth-order valence-corrected chi connectivity index (χ4v) is 4.62. The lowest BCUT2D eigenvalue weighted by atomic mass is 9.96. The van der Waals surface area contributed by atoms with Crippen molar-refractivity contribution in [3.05, 3.63) is 0 Å². The number of nitrogens with one attached hydrogen (secondary N) is 2. The van der Waals surface area contributed by atoms with E-state index in [1.807, 2.05) is 0 Å². The normalized spacial score (nSPS) is 29.7. The third-order valence-corrected chi connectivity index (χ3v) is 5.77. The van der Waals surface area contributed by atoms with Gasteiger partial charge in [-0.2, -0.15) is 0 Å². The number of sulfonamides is 1. The van der Waals surface area contributed by atoms with Crippen LogP contribution in [0.2, 0.25) is 0 Å². The summed E-state index contributed by atoms with van der Waals surface area (Å²) in [7, 11) is -1.50. The summed E-state index contributed by atoms with van der Waals surface area (Å²) < 4.78 is 32.4. The van der Waals surface area contributed by atoms with E-state index >= 15 is 0 Å². The van der Waals surface area contributed by atoms with E-state index in [4.69, 9.17) is 4.74 Å². The summed E-state index contributed by atoms with van der Waals surface area (Å²) in [6, 6.07) is -0.0250.